The second-order valence-electron chi connectivity index (χ2n) is 10.3. The van der Waals surface area contributed by atoms with Crippen LogP contribution >= 0.6 is 0 Å². The highest BCUT2D eigenvalue weighted by Crippen LogP contribution is 2.43. The second-order valence-corrected chi connectivity index (χ2v) is 15.5. The number of rotatable bonds is 6. The van der Waals surface area contributed by atoms with Crippen LogP contribution in [0.2, 0.25) is 18.1 Å². The predicted molar refractivity (Wildman–Crippen MR) is 135 cm³/mol. The highest BCUT2D eigenvalue weighted by atomic mass is 28.3. The van der Waals surface area contributed by atoms with E-state index in [0.29, 0.717) is 0 Å². The topological polar surface area (TPSA) is 32.3 Å². The zero-order valence-electron chi connectivity index (χ0n) is 19.8. The van der Waals surface area contributed by atoms with Crippen molar-refractivity contribution >= 4 is 14.1 Å². The molecule has 1 atom stereocenters. The Hall–Kier alpha value is -2.69. The number of carbonyl (C=O) groups excluding carboxylic acids is 1. The zero-order chi connectivity index (χ0) is 23.0. The first-order chi connectivity index (χ1) is 15.2. The van der Waals surface area contributed by atoms with Gasteiger partial charge in [-0.1, -0.05) is 125 Å². The molecule has 1 fully saturated rings. The second kappa shape index (κ2) is 8.34. The largest absolute Gasteiger partial charge is 0.366 e. The van der Waals surface area contributed by atoms with E-state index in [1.165, 1.54) is 0 Å². The third kappa shape index (κ3) is 3.72. The van der Waals surface area contributed by atoms with Crippen LogP contribution in [0.3, 0.4) is 0 Å². The van der Waals surface area contributed by atoms with Crippen LogP contribution in [0.15, 0.2) is 91.0 Å². The molecule has 3 aromatic rings. The maximum atomic E-state index is 13.5. The molecule has 4 heteroatoms. The SMILES string of the molecule is CC(C)(C)[Si](C)(C)N1CC(NC(c2ccccc2)(c2ccccc2)c2ccccc2)C1=O. The Labute approximate surface area is 193 Å². The zero-order valence-corrected chi connectivity index (χ0v) is 20.8. The Morgan fingerprint density at radius 2 is 1.12 bits per heavy atom. The smallest absolute Gasteiger partial charge is 0.233 e. The number of benzene rings is 3. The van der Waals surface area contributed by atoms with E-state index in [4.69, 9.17) is 0 Å². The van der Waals surface area contributed by atoms with E-state index < -0.39 is 13.8 Å². The van der Waals surface area contributed by atoms with E-state index in [-0.39, 0.29) is 17.0 Å². The summed E-state index contributed by atoms with van der Waals surface area (Å²) < 4.78 is 2.16. The fraction of sp³-hybridized carbons (Fsp3) is 0.321. The number of nitrogens with one attached hydrogen (secondary N) is 1. The minimum Gasteiger partial charge on any atom is -0.366 e. The lowest BCUT2D eigenvalue weighted by molar-refractivity contribution is -0.138. The Kier molecular flexibility index (Phi) is 5.86. The molecule has 1 unspecified atom stereocenters. The molecule has 0 spiro atoms. The van der Waals surface area contributed by atoms with Gasteiger partial charge in [-0.15, -0.1) is 0 Å². The summed E-state index contributed by atoms with van der Waals surface area (Å²) in [4.78, 5) is 13.5. The van der Waals surface area contributed by atoms with Crippen molar-refractivity contribution in [2.75, 3.05) is 6.54 Å². The molecule has 1 N–H and O–H groups in total. The van der Waals surface area contributed by atoms with E-state index in [1.54, 1.807) is 0 Å². The molecule has 4 rings (SSSR count). The van der Waals surface area contributed by atoms with Crippen molar-refractivity contribution < 1.29 is 4.79 Å². The average molecular weight is 443 g/mol. The molecule has 0 bridgehead atoms. The molecule has 32 heavy (non-hydrogen) atoms. The summed E-state index contributed by atoms with van der Waals surface area (Å²) in [6, 6.07) is 31.3. The molecule has 3 aromatic carbocycles. The summed E-state index contributed by atoms with van der Waals surface area (Å²) in [5.41, 5.74) is 2.80. The number of amides is 1. The molecule has 3 nitrogen and oxygen atoms in total. The third-order valence-corrected chi connectivity index (χ3v) is 12.9. The first kappa shape index (κ1) is 22.5. The monoisotopic (exact) mass is 442 g/mol. The predicted octanol–water partition coefficient (Wildman–Crippen LogP) is 5.78. The van der Waals surface area contributed by atoms with Crippen LogP contribution in [0.4, 0.5) is 0 Å². The Balaban J connectivity index is 1.79. The van der Waals surface area contributed by atoms with Gasteiger partial charge in [0.05, 0.1) is 5.54 Å². The van der Waals surface area contributed by atoms with E-state index in [9.17, 15) is 4.79 Å². The number of hydrogen-bond acceptors (Lipinski definition) is 2. The number of carbonyl (C=O) groups is 1. The van der Waals surface area contributed by atoms with Gasteiger partial charge in [0.25, 0.3) is 0 Å². The van der Waals surface area contributed by atoms with Crippen LogP contribution < -0.4 is 5.32 Å². The molecule has 0 saturated carbocycles. The maximum Gasteiger partial charge on any atom is 0.233 e. The Morgan fingerprint density at radius 1 is 0.750 bits per heavy atom. The Morgan fingerprint density at radius 3 is 1.44 bits per heavy atom. The molecule has 1 saturated heterocycles. The van der Waals surface area contributed by atoms with Gasteiger partial charge in [-0.25, -0.2) is 0 Å². The maximum absolute atomic E-state index is 13.5. The fourth-order valence-corrected chi connectivity index (χ4v) is 6.67. The van der Waals surface area contributed by atoms with Crippen LogP contribution in [0.5, 0.6) is 0 Å². The van der Waals surface area contributed by atoms with Crippen molar-refractivity contribution in [3.8, 4) is 0 Å². The standard InChI is InChI=1S/C28H34N2OSi/c1-27(2,3)32(4,5)30-21-25(26(30)31)29-28(22-15-9-6-10-16-22,23-17-11-7-12-18-23)24-19-13-8-14-20-24/h6-20,25,29H,21H2,1-5H3. The summed E-state index contributed by atoms with van der Waals surface area (Å²) in [6.45, 7) is 12.1. The molecular weight excluding hydrogens is 408 g/mol. The van der Waals surface area contributed by atoms with Crippen LogP contribution in [-0.2, 0) is 10.3 Å². The van der Waals surface area contributed by atoms with Crippen molar-refractivity contribution in [2.24, 2.45) is 0 Å². The number of hydrogen-bond donors (Lipinski definition) is 1. The summed E-state index contributed by atoms with van der Waals surface area (Å²) in [7, 11) is -1.90. The van der Waals surface area contributed by atoms with Gasteiger partial charge in [0.1, 0.15) is 6.04 Å². The van der Waals surface area contributed by atoms with E-state index in [1.807, 2.05) is 18.2 Å². The van der Waals surface area contributed by atoms with E-state index >= 15 is 0 Å². The average Bonchev–Trinajstić information content (AvgIpc) is 2.79. The molecule has 0 aliphatic carbocycles. The van der Waals surface area contributed by atoms with Crippen LogP contribution in [0.1, 0.15) is 37.5 Å². The third-order valence-electron chi connectivity index (χ3n) is 7.45. The summed E-state index contributed by atoms with van der Waals surface area (Å²) in [5, 5.41) is 3.98. The quantitative estimate of drug-likeness (QED) is 0.298. The van der Waals surface area contributed by atoms with Crippen molar-refractivity contribution in [3.63, 3.8) is 0 Å². The first-order valence-corrected chi connectivity index (χ1v) is 14.4. The summed E-state index contributed by atoms with van der Waals surface area (Å²) in [5.74, 6) is 0.226. The number of β-lactam (4-membered cyclic amide) rings is 1. The van der Waals surface area contributed by atoms with Crippen molar-refractivity contribution in [2.45, 2.75) is 50.5 Å². The Bertz CT molecular complexity index is 962. The van der Waals surface area contributed by atoms with E-state index in [2.05, 4.69) is 117 Å². The molecule has 166 valence electrons. The van der Waals surface area contributed by atoms with Gasteiger partial charge >= 0.3 is 0 Å². The van der Waals surface area contributed by atoms with Gasteiger partial charge in [-0.3, -0.25) is 10.1 Å². The number of nitrogens with zero attached hydrogens (tertiary/aromatic N) is 1. The van der Waals surface area contributed by atoms with Gasteiger partial charge in [-0.2, -0.15) is 0 Å². The fourth-order valence-electron chi connectivity index (χ4n) is 4.52. The van der Waals surface area contributed by atoms with Crippen LogP contribution in [-0.4, -0.2) is 31.3 Å². The highest BCUT2D eigenvalue weighted by Gasteiger charge is 2.53. The molecule has 1 amide bonds. The van der Waals surface area contributed by atoms with Gasteiger partial charge in [0.2, 0.25) is 5.91 Å². The van der Waals surface area contributed by atoms with Crippen LogP contribution in [0.25, 0.3) is 0 Å². The van der Waals surface area contributed by atoms with E-state index in [0.717, 1.165) is 23.2 Å². The molecule has 1 aliphatic heterocycles. The lowest BCUT2D eigenvalue weighted by Crippen LogP contribution is -2.74. The lowest BCUT2D eigenvalue weighted by Gasteiger charge is -2.55. The molecular formula is C28H34N2OSi. The molecule has 0 radical (unpaired) electrons. The van der Waals surface area contributed by atoms with Gasteiger partial charge in [-0.05, 0) is 21.7 Å². The molecule has 0 aromatic heterocycles. The molecule has 1 aliphatic rings. The minimum atomic E-state index is -1.90. The minimum absolute atomic E-state index is 0.128. The van der Waals surface area contributed by atoms with Gasteiger partial charge < -0.3 is 4.57 Å². The summed E-state index contributed by atoms with van der Waals surface area (Å²) >= 11 is 0. The highest BCUT2D eigenvalue weighted by molar-refractivity contribution is 6.80. The first-order valence-electron chi connectivity index (χ1n) is 11.4. The van der Waals surface area contributed by atoms with Crippen LogP contribution in [0, 0.1) is 0 Å². The normalized spacial score (nSPS) is 17.2. The lowest BCUT2D eigenvalue weighted by atomic mass is 9.76. The van der Waals surface area contributed by atoms with Crippen molar-refractivity contribution in [1.29, 1.82) is 0 Å². The van der Waals surface area contributed by atoms with Gasteiger partial charge in [0, 0.05) is 6.54 Å². The van der Waals surface area contributed by atoms with Crippen molar-refractivity contribution in [1.82, 2.24) is 9.88 Å². The van der Waals surface area contributed by atoms with Gasteiger partial charge in [0.15, 0.2) is 8.24 Å². The molecule has 1 heterocycles. The summed E-state index contributed by atoms with van der Waals surface area (Å²) in [6.07, 6.45) is 0. The van der Waals surface area contributed by atoms with Crippen molar-refractivity contribution in [3.05, 3.63) is 108 Å².